The zero-order valence-corrected chi connectivity index (χ0v) is 12.8. The lowest BCUT2D eigenvalue weighted by molar-refractivity contribution is 0.0696. The molecule has 0 aliphatic carbocycles. The molecule has 0 unspecified atom stereocenters. The number of ether oxygens (including phenoxy) is 1. The Kier molecular flexibility index (Phi) is 4.31. The van der Waals surface area contributed by atoms with Gasteiger partial charge in [0.05, 0.1) is 17.0 Å². The first-order valence-corrected chi connectivity index (χ1v) is 6.93. The molecule has 0 saturated heterocycles. The molecule has 5 heteroatoms. The van der Waals surface area contributed by atoms with Gasteiger partial charge in [0.2, 0.25) is 0 Å². The van der Waals surface area contributed by atoms with E-state index in [1.165, 1.54) is 0 Å². The Bertz CT molecular complexity index is 651. The first kappa shape index (κ1) is 15.1. The minimum atomic E-state index is -0.924. The van der Waals surface area contributed by atoms with Crippen LogP contribution in [-0.2, 0) is 13.2 Å². The molecule has 112 valence electrons. The van der Waals surface area contributed by atoms with Gasteiger partial charge in [0.25, 0.3) is 0 Å². The second kappa shape index (κ2) is 5.99. The molecule has 21 heavy (non-hydrogen) atoms. The van der Waals surface area contributed by atoms with Gasteiger partial charge in [0.15, 0.2) is 0 Å². The Morgan fingerprint density at radius 2 is 1.86 bits per heavy atom. The fraction of sp³-hybridized carbons (Fsp3) is 0.375. The van der Waals surface area contributed by atoms with Crippen molar-refractivity contribution in [2.45, 2.75) is 40.8 Å². The molecule has 0 aliphatic rings. The number of benzene rings is 1. The summed E-state index contributed by atoms with van der Waals surface area (Å²) < 4.78 is 7.80. The molecule has 0 radical (unpaired) electrons. The van der Waals surface area contributed by atoms with E-state index in [9.17, 15) is 4.79 Å². The third-order valence-corrected chi connectivity index (χ3v) is 3.36. The average molecular weight is 288 g/mol. The number of carbonyl (C=O) groups is 1. The van der Waals surface area contributed by atoms with Gasteiger partial charge in [0, 0.05) is 6.54 Å². The van der Waals surface area contributed by atoms with Gasteiger partial charge in [-0.25, -0.2) is 4.79 Å². The van der Waals surface area contributed by atoms with Crippen LogP contribution in [0.1, 0.15) is 39.8 Å². The van der Waals surface area contributed by atoms with Crippen molar-refractivity contribution in [3.05, 3.63) is 46.3 Å². The Labute approximate surface area is 124 Å². The molecule has 0 saturated carbocycles. The van der Waals surface area contributed by atoms with Gasteiger partial charge >= 0.3 is 5.97 Å². The van der Waals surface area contributed by atoms with Crippen molar-refractivity contribution in [3.63, 3.8) is 0 Å². The summed E-state index contributed by atoms with van der Waals surface area (Å²) in [5, 5.41) is 13.4. The zero-order valence-electron chi connectivity index (χ0n) is 12.8. The van der Waals surface area contributed by atoms with Gasteiger partial charge < -0.3 is 9.84 Å². The minimum absolute atomic E-state index is 0.284. The van der Waals surface area contributed by atoms with Crippen LogP contribution in [0.4, 0.5) is 0 Å². The van der Waals surface area contributed by atoms with Crippen LogP contribution in [0.15, 0.2) is 18.2 Å². The number of aryl methyl sites for hydroxylation is 4. The van der Waals surface area contributed by atoms with Crippen molar-refractivity contribution in [2.24, 2.45) is 0 Å². The number of rotatable bonds is 5. The molecule has 1 aromatic heterocycles. The molecule has 0 amide bonds. The van der Waals surface area contributed by atoms with E-state index in [2.05, 4.69) is 5.10 Å². The van der Waals surface area contributed by atoms with Gasteiger partial charge in [-0.05, 0) is 57.0 Å². The van der Waals surface area contributed by atoms with Gasteiger partial charge in [0.1, 0.15) is 12.4 Å². The summed E-state index contributed by atoms with van der Waals surface area (Å²) in [6.07, 6.45) is 0. The van der Waals surface area contributed by atoms with Crippen molar-refractivity contribution in [1.82, 2.24) is 9.78 Å². The lowest BCUT2D eigenvalue weighted by Crippen LogP contribution is -2.08. The van der Waals surface area contributed by atoms with Gasteiger partial charge in [-0.15, -0.1) is 0 Å². The Hall–Kier alpha value is -2.30. The first-order valence-electron chi connectivity index (χ1n) is 6.93. The number of hydrogen-bond acceptors (Lipinski definition) is 3. The lowest BCUT2D eigenvalue weighted by Gasteiger charge is -2.13. The summed E-state index contributed by atoms with van der Waals surface area (Å²) in [4.78, 5) is 11.0. The van der Waals surface area contributed by atoms with E-state index in [4.69, 9.17) is 9.84 Å². The number of nitrogens with zero attached hydrogens (tertiary/aromatic N) is 2. The van der Waals surface area contributed by atoms with Crippen LogP contribution in [-0.4, -0.2) is 20.9 Å². The summed E-state index contributed by atoms with van der Waals surface area (Å²) in [5.41, 5.74) is 3.91. The fourth-order valence-corrected chi connectivity index (χ4v) is 2.44. The summed E-state index contributed by atoms with van der Waals surface area (Å²) in [6, 6.07) is 5.26. The van der Waals surface area contributed by atoms with E-state index in [0.717, 1.165) is 34.8 Å². The highest BCUT2D eigenvalue weighted by Crippen LogP contribution is 2.26. The van der Waals surface area contributed by atoms with Gasteiger partial charge in [-0.1, -0.05) is 0 Å². The maximum Gasteiger partial charge on any atom is 0.335 e. The van der Waals surface area contributed by atoms with E-state index < -0.39 is 5.97 Å². The second-order valence-corrected chi connectivity index (χ2v) is 5.13. The van der Waals surface area contributed by atoms with E-state index in [1.54, 1.807) is 12.1 Å². The second-order valence-electron chi connectivity index (χ2n) is 5.13. The standard InChI is InChI=1S/C16H20N2O3/c1-5-18-14(8-12(4)17-18)9-21-15-10(2)6-13(16(19)20)7-11(15)3/h6-8H,5,9H2,1-4H3,(H,19,20). The summed E-state index contributed by atoms with van der Waals surface area (Å²) in [5.74, 6) is -0.186. The molecular weight excluding hydrogens is 268 g/mol. The SMILES string of the molecule is CCn1nc(C)cc1COc1c(C)cc(C(=O)O)cc1C. The Morgan fingerprint density at radius 3 is 2.38 bits per heavy atom. The van der Waals surface area contributed by atoms with Gasteiger partial charge in [-0.3, -0.25) is 4.68 Å². The van der Waals surface area contributed by atoms with Gasteiger partial charge in [-0.2, -0.15) is 5.10 Å². The van der Waals surface area contributed by atoms with E-state index in [1.807, 2.05) is 38.4 Å². The Morgan fingerprint density at radius 1 is 1.24 bits per heavy atom. The molecule has 2 rings (SSSR count). The smallest absolute Gasteiger partial charge is 0.335 e. The fourth-order valence-electron chi connectivity index (χ4n) is 2.44. The molecule has 1 aromatic carbocycles. The third kappa shape index (κ3) is 3.24. The molecule has 0 aliphatic heterocycles. The van der Waals surface area contributed by atoms with Crippen molar-refractivity contribution in [3.8, 4) is 5.75 Å². The quantitative estimate of drug-likeness (QED) is 0.918. The van der Waals surface area contributed by atoms with Crippen LogP contribution >= 0.6 is 0 Å². The first-order chi connectivity index (χ1) is 9.92. The number of aromatic nitrogens is 2. The third-order valence-electron chi connectivity index (χ3n) is 3.36. The molecule has 0 spiro atoms. The predicted molar refractivity (Wildman–Crippen MR) is 79.8 cm³/mol. The van der Waals surface area contributed by atoms with Crippen molar-refractivity contribution in [1.29, 1.82) is 0 Å². The number of carboxylic acids is 1. The number of carboxylic acid groups (broad SMARTS) is 1. The topological polar surface area (TPSA) is 64.4 Å². The van der Waals surface area contributed by atoms with Crippen LogP contribution < -0.4 is 4.74 Å². The maximum atomic E-state index is 11.0. The number of hydrogen-bond donors (Lipinski definition) is 1. The molecule has 0 bridgehead atoms. The van der Waals surface area contributed by atoms with Crippen LogP contribution in [0.5, 0.6) is 5.75 Å². The number of aromatic carboxylic acids is 1. The molecule has 5 nitrogen and oxygen atoms in total. The normalized spacial score (nSPS) is 10.7. The van der Waals surface area contributed by atoms with Crippen LogP contribution in [0.2, 0.25) is 0 Å². The Balaban J connectivity index is 2.22. The van der Waals surface area contributed by atoms with E-state index in [-0.39, 0.29) is 5.56 Å². The van der Waals surface area contributed by atoms with Crippen LogP contribution in [0.25, 0.3) is 0 Å². The lowest BCUT2D eigenvalue weighted by atomic mass is 10.1. The van der Waals surface area contributed by atoms with Crippen LogP contribution in [0, 0.1) is 20.8 Å². The molecular formula is C16H20N2O3. The largest absolute Gasteiger partial charge is 0.487 e. The molecule has 0 atom stereocenters. The predicted octanol–water partition coefficient (Wildman–Crippen LogP) is 3.11. The van der Waals surface area contributed by atoms with Crippen molar-refractivity contribution >= 4 is 5.97 Å². The minimum Gasteiger partial charge on any atom is -0.487 e. The average Bonchev–Trinajstić information content (AvgIpc) is 2.77. The molecule has 2 aromatic rings. The van der Waals surface area contributed by atoms with Crippen molar-refractivity contribution < 1.29 is 14.6 Å². The maximum absolute atomic E-state index is 11.0. The highest BCUT2D eigenvalue weighted by Gasteiger charge is 2.12. The summed E-state index contributed by atoms with van der Waals surface area (Å²) in [7, 11) is 0. The summed E-state index contributed by atoms with van der Waals surface area (Å²) in [6.45, 7) is 8.92. The monoisotopic (exact) mass is 288 g/mol. The molecule has 1 N–H and O–H groups in total. The van der Waals surface area contributed by atoms with Crippen LogP contribution in [0.3, 0.4) is 0 Å². The highest BCUT2D eigenvalue weighted by atomic mass is 16.5. The van der Waals surface area contributed by atoms with E-state index >= 15 is 0 Å². The molecule has 0 fully saturated rings. The molecule has 1 heterocycles. The summed E-state index contributed by atoms with van der Waals surface area (Å²) >= 11 is 0. The van der Waals surface area contributed by atoms with E-state index in [0.29, 0.717) is 6.61 Å². The van der Waals surface area contributed by atoms with Crippen molar-refractivity contribution in [2.75, 3.05) is 0 Å². The zero-order chi connectivity index (χ0) is 15.6. The highest BCUT2D eigenvalue weighted by molar-refractivity contribution is 5.88.